The van der Waals surface area contributed by atoms with Crippen molar-refractivity contribution in [3.8, 4) is 5.75 Å². The molecule has 7 nitrogen and oxygen atoms in total. The van der Waals surface area contributed by atoms with E-state index in [2.05, 4.69) is 10.0 Å². The lowest BCUT2D eigenvalue weighted by molar-refractivity contribution is -0.385. The minimum absolute atomic E-state index is 0.0608. The van der Waals surface area contributed by atoms with Crippen LogP contribution in [0.25, 0.3) is 10.4 Å². The summed E-state index contributed by atoms with van der Waals surface area (Å²) in [5.74, 6) is 0.0608. The maximum absolute atomic E-state index is 10.6. The lowest BCUT2D eigenvalue weighted by Crippen LogP contribution is -2.02. The smallest absolute Gasteiger partial charge is 0.311 e. The molecule has 0 amide bonds. The Morgan fingerprint density at radius 1 is 1.62 bits per heavy atom. The van der Waals surface area contributed by atoms with Crippen LogP contribution in [0, 0.1) is 10.1 Å². The first-order valence-electron chi connectivity index (χ1n) is 4.22. The zero-order chi connectivity index (χ0) is 12.0. The number of nitro benzene ring substituents is 1. The number of rotatable bonds is 5. The maximum atomic E-state index is 10.6. The molecule has 0 aliphatic rings. The summed E-state index contributed by atoms with van der Waals surface area (Å²) in [6.07, 6.45) is 0. The fourth-order valence-corrected chi connectivity index (χ4v) is 1.16. The standard InChI is InChI=1S/C8H7ClN4O3/c9-6-1-2-7(13(14)15)8(5-6)16-4-3-11-12-10/h1-2,5H,3-4H2. The van der Waals surface area contributed by atoms with Gasteiger partial charge < -0.3 is 4.74 Å². The van der Waals surface area contributed by atoms with E-state index in [1.807, 2.05) is 0 Å². The predicted octanol–water partition coefficient (Wildman–Crippen LogP) is 2.94. The van der Waals surface area contributed by atoms with Crippen LogP contribution in [-0.4, -0.2) is 18.1 Å². The van der Waals surface area contributed by atoms with Crippen LogP contribution in [0.2, 0.25) is 5.02 Å². The molecule has 0 saturated carbocycles. The van der Waals surface area contributed by atoms with Crippen molar-refractivity contribution in [2.45, 2.75) is 0 Å². The van der Waals surface area contributed by atoms with Crippen LogP contribution in [0.3, 0.4) is 0 Å². The van der Waals surface area contributed by atoms with Crippen LogP contribution in [0.5, 0.6) is 5.75 Å². The van der Waals surface area contributed by atoms with E-state index in [1.165, 1.54) is 18.2 Å². The van der Waals surface area contributed by atoms with Crippen LogP contribution in [0.4, 0.5) is 5.69 Å². The Morgan fingerprint density at radius 3 is 3.00 bits per heavy atom. The molecule has 0 spiro atoms. The van der Waals surface area contributed by atoms with Gasteiger partial charge in [-0.05, 0) is 11.6 Å². The van der Waals surface area contributed by atoms with Crippen molar-refractivity contribution in [2.24, 2.45) is 5.11 Å². The Kier molecular flexibility index (Phi) is 4.38. The number of nitrogens with zero attached hydrogens (tertiary/aromatic N) is 4. The summed E-state index contributed by atoms with van der Waals surface area (Å²) < 4.78 is 5.09. The van der Waals surface area contributed by atoms with Gasteiger partial charge in [-0.1, -0.05) is 16.7 Å². The van der Waals surface area contributed by atoms with Gasteiger partial charge in [-0.25, -0.2) is 0 Å². The van der Waals surface area contributed by atoms with E-state index < -0.39 is 4.92 Å². The quantitative estimate of drug-likeness (QED) is 0.198. The summed E-state index contributed by atoms with van der Waals surface area (Å²) in [6, 6.07) is 4.00. The van der Waals surface area contributed by atoms with E-state index in [0.29, 0.717) is 5.02 Å². The van der Waals surface area contributed by atoms with Gasteiger partial charge in [0.1, 0.15) is 0 Å². The van der Waals surface area contributed by atoms with Gasteiger partial charge in [-0.15, -0.1) is 0 Å². The monoisotopic (exact) mass is 242 g/mol. The summed E-state index contributed by atoms with van der Waals surface area (Å²) in [5.41, 5.74) is 7.85. The van der Waals surface area contributed by atoms with E-state index in [1.54, 1.807) is 0 Å². The molecule has 1 aromatic carbocycles. The lowest BCUT2D eigenvalue weighted by Gasteiger charge is -2.04. The number of hydrogen-bond donors (Lipinski definition) is 0. The highest BCUT2D eigenvalue weighted by Crippen LogP contribution is 2.29. The highest BCUT2D eigenvalue weighted by atomic mass is 35.5. The third kappa shape index (κ3) is 3.30. The topological polar surface area (TPSA) is 101 Å². The van der Waals surface area contributed by atoms with Gasteiger partial charge in [-0.3, -0.25) is 10.1 Å². The first-order chi connectivity index (χ1) is 7.65. The van der Waals surface area contributed by atoms with Gasteiger partial charge in [0.05, 0.1) is 18.1 Å². The zero-order valence-corrected chi connectivity index (χ0v) is 8.79. The Hall–Kier alpha value is -1.98. The fourth-order valence-electron chi connectivity index (χ4n) is 0.996. The molecule has 1 rings (SSSR count). The Bertz CT molecular complexity index is 445. The molecule has 0 saturated heterocycles. The fraction of sp³-hybridized carbons (Fsp3) is 0.250. The lowest BCUT2D eigenvalue weighted by atomic mass is 10.3. The number of hydrogen-bond acceptors (Lipinski definition) is 4. The molecular formula is C8H7ClN4O3. The SMILES string of the molecule is [N-]=[N+]=NCCOc1cc(Cl)ccc1[N+](=O)[O-]. The van der Waals surface area contributed by atoms with E-state index >= 15 is 0 Å². The number of azide groups is 1. The predicted molar refractivity (Wildman–Crippen MR) is 57.6 cm³/mol. The highest BCUT2D eigenvalue weighted by Gasteiger charge is 2.14. The van der Waals surface area contributed by atoms with Crippen molar-refractivity contribution in [1.29, 1.82) is 0 Å². The molecular weight excluding hydrogens is 236 g/mol. The molecule has 8 heteroatoms. The average molecular weight is 243 g/mol. The molecule has 0 N–H and O–H groups in total. The first kappa shape index (κ1) is 12.1. The number of halogens is 1. The number of nitro groups is 1. The summed E-state index contributed by atoms with van der Waals surface area (Å²) in [4.78, 5) is 12.6. The largest absolute Gasteiger partial charge is 0.487 e. The summed E-state index contributed by atoms with van der Waals surface area (Å²) >= 11 is 5.68. The van der Waals surface area contributed by atoms with Gasteiger partial charge in [0.2, 0.25) is 0 Å². The van der Waals surface area contributed by atoms with Gasteiger partial charge in [0.25, 0.3) is 0 Å². The van der Waals surface area contributed by atoms with Gasteiger partial charge in [0.15, 0.2) is 5.75 Å². The molecule has 0 radical (unpaired) electrons. The minimum Gasteiger partial charge on any atom is -0.487 e. The van der Waals surface area contributed by atoms with Crippen molar-refractivity contribution < 1.29 is 9.66 Å². The average Bonchev–Trinajstić information content (AvgIpc) is 2.24. The number of benzene rings is 1. The van der Waals surface area contributed by atoms with Crippen LogP contribution >= 0.6 is 11.6 Å². The second-order valence-electron chi connectivity index (χ2n) is 2.67. The number of ether oxygens (including phenoxy) is 1. The summed E-state index contributed by atoms with van der Waals surface area (Å²) in [7, 11) is 0. The first-order valence-corrected chi connectivity index (χ1v) is 4.60. The van der Waals surface area contributed by atoms with Crippen LogP contribution in [-0.2, 0) is 0 Å². The summed E-state index contributed by atoms with van der Waals surface area (Å²) in [5, 5.41) is 14.2. The Labute approximate surface area is 95.4 Å². The van der Waals surface area contributed by atoms with Crippen molar-refractivity contribution in [3.05, 3.63) is 43.8 Å². The molecule has 1 aromatic rings. The second-order valence-corrected chi connectivity index (χ2v) is 3.11. The van der Waals surface area contributed by atoms with Crippen molar-refractivity contribution in [3.63, 3.8) is 0 Å². The van der Waals surface area contributed by atoms with Crippen molar-refractivity contribution in [1.82, 2.24) is 0 Å². The molecule has 0 heterocycles. The molecule has 84 valence electrons. The van der Waals surface area contributed by atoms with Gasteiger partial charge in [-0.2, -0.15) is 0 Å². The van der Waals surface area contributed by atoms with Crippen molar-refractivity contribution in [2.75, 3.05) is 13.2 Å². The van der Waals surface area contributed by atoms with Crippen molar-refractivity contribution >= 4 is 17.3 Å². The summed E-state index contributed by atoms with van der Waals surface area (Å²) in [6.45, 7) is 0.158. The second kappa shape index (κ2) is 5.79. The molecule has 0 unspecified atom stereocenters. The normalized spacial score (nSPS) is 9.31. The maximum Gasteiger partial charge on any atom is 0.311 e. The minimum atomic E-state index is -0.570. The van der Waals surface area contributed by atoms with Crippen LogP contribution in [0.1, 0.15) is 0 Å². The molecule has 0 atom stereocenters. The van der Waals surface area contributed by atoms with Crippen LogP contribution < -0.4 is 4.74 Å². The van der Waals surface area contributed by atoms with E-state index in [0.717, 1.165) is 0 Å². The van der Waals surface area contributed by atoms with Crippen LogP contribution in [0.15, 0.2) is 23.3 Å². The molecule has 0 fully saturated rings. The van der Waals surface area contributed by atoms with Gasteiger partial charge >= 0.3 is 5.69 Å². The molecule has 0 bridgehead atoms. The van der Waals surface area contributed by atoms with E-state index in [-0.39, 0.29) is 24.6 Å². The third-order valence-corrected chi connectivity index (χ3v) is 1.87. The van der Waals surface area contributed by atoms with E-state index in [4.69, 9.17) is 21.9 Å². The van der Waals surface area contributed by atoms with E-state index in [9.17, 15) is 10.1 Å². The Morgan fingerprint density at radius 2 is 2.38 bits per heavy atom. The highest BCUT2D eigenvalue weighted by molar-refractivity contribution is 6.30. The Balaban J connectivity index is 2.79. The zero-order valence-electron chi connectivity index (χ0n) is 8.04. The molecule has 0 aromatic heterocycles. The molecule has 0 aliphatic carbocycles. The molecule has 0 aliphatic heterocycles. The third-order valence-electron chi connectivity index (χ3n) is 1.63. The molecule has 16 heavy (non-hydrogen) atoms. The van der Waals surface area contributed by atoms with Gasteiger partial charge in [0, 0.05) is 22.1 Å².